The first-order valence-corrected chi connectivity index (χ1v) is 8.00. The fourth-order valence-electron chi connectivity index (χ4n) is 2.37. The number of benzene rings is 3. The van der Waals surface area contributed by atoms with Gasteiger partial charge in [0.2, 0.25) is 5.78 Å². The van der Waals surface area contributed by atoms with Gasteiger partial charge in [0, 0.05) is 11.1 Å². The lowest BCUT2D eigenvalue weighted by Gasteiger charge is -2.05. The molecule has 0 saturated heterocycles. The van der Waals surface area contributed by atoms with Gasteiger partial charge in [-0.2, -0.15) is 0 Å². The van der Waals surface area contributed by atoms with E-state index in [1.54, 1.807) is 12.1 Å². The molecule has 0 saturated carbocycles. The van der Waals surface area contributed by atoms with Crippen LogP contribution in [0.5, 0.6) is 0 Å². The van der Waals surface area contributed by atoms with Crippen molar-refractivity contribution >= 4 is 28.0 Å². The quantitative estimate of drug-likeness (QED) is 0.334. The minimum absolute atomic E-state index is 0.101. The molecule has 0 spiro atoms. The molecule has 116 valence electrons. The molecule has 24 heavy (non-hydrogen) atoms. The van der Waals surface area contributed by atoms with E-state index >= 15 is 0 Å². The Kier molecular flexibility index (Phi) is 5.08. The summed E-state index contributed by atoms with van der Waals surface area (Å²) >= 11 is 6.41. The van der Waals surface area contributed by atoms with Gasteiger partial charge >= 0.3 is 0 Å². The SMILES string of the molecule is O=C(C(=C=C(Cl)c1ccccc1)c1ccccc1)c1ccccc1. The number of rotatable bonds is 4. The molecule has 0 N–H and O–H groups in total. The maximum Gasteiger partial charge on any atom is 0.201 e. The monoisotopic (exact) mass is 330 g/mol. The standard InChI is InChI=1S/C22H15ClO/c23-21(18-12-6-2-7-13-18)16-20(17-10-4-1-5-11-17)22(24)19-14-8-3-9-15-19/h1-15H. The molecule has 0 bridgehead atoms. The highest BCUT2D eigenvalue weighted by molar-refractivity contribution is 6.49. The van der Waals surface area contributed by atoms with Crippen molar-refractivity contribution in [3.63, 3.8) is 0 Å². The minimum Gasteiger partial charge on any atom is -0.288 e. The van der Waals surface area contributed by atoms with E-state index in [0.29, 0.717) is 16.2 Å². The van der Waals surface area contributed by atoms with Gasteiger partial charge in [-0.3, -0.25) is 4.79 Å². The van der Waals surface area contributed by atoms with Crippen LogP contribution in [-0.2, 0) is 0 Å². The van der Waals surface area contributed by atoms with Crippen molar-refractivity contribution in [1.29, 1.82) is 0 Å². The molecule has 0 amide bonds. The van der Waals surface area contributed by atoms with Crippen LogP contribution in [0.3, 0.4) is 0 Å². The largest absolute Gasteiger partial charge is 0.288 e. The summed E-state index contributed by atoms with van der Waals surface area (Å²) in [6.45, 7) is 0. The van der Waals surface area contributed by atoms with Gasteiger partial charge in [-0.1, -0.05) is 108 Å². The van der Waals surface area contributed by atoms with Crippen LogP contribution in [0.1, 0.15) is 21.5 Å². The van der Waals surface area contributed by atoms with Crippen LogP contribution in [0.15, 0.2) is 96.7 Å². The third kappa shape index (κ3) is 3.72. The number of allylic oxidation sites excluding steroid dienone is 1. The first kappa shape index (κ1) is 16.0. The molecule has 0 fully saturated rings. The Hall–Kier alpha value is -2.86. The topological polar surface area (TPSA) is 17.1 Å². The summed E-state index contributed by atoms with van der Waals surface area (Å²) in [5.41, 5.74) is 5.78. The van der Waals surface area contributed by atoms with E-state index in [4.69, 9.17) is 11.6 Å². The van der Waals surface area contributed by atoms with E-state index in [9.17, 15) is 4.79 Å². The summed E-state index contributed by atoms with van der Waals surface area (Å²) in [6, 6.07) is 28.2. The smallest absolute Gasteiger partial charge is 0.201 e. The van der Waals surface area contributed by atoms with Gasteiger partial charge in [-0.25, -0.2) is 0 Å². The van der Waals surface area contributed by atoms with Crippen molar-refractivity contribution in [3.8, 4) is 0 Å². The predicted molar refractivity (Wildman–Crippen MR) is 99.8 cm³/mol. The first-order valence-electron chi connectivity index (χ1n) is 7.63. The van der Waals surface area contributed by atoms with Gasteiger partial charge in [-0.15, -0.1) is 0 Å². The van der Waals surface area contributed by atoms with E-state index in [2.05, 4.69) is 5.73 Å². The number of ketones is 1. The van der Waals surface area contributed by atoms with Crippen LogP contribution in [0.2, 0.25) is 0 Å². The summed E-state index contributed by atoms with van der Waals surface area (Å²) in [4.78, 5) is 12.9. The Labute approximate surface area is 146 Å². The van der Waals surface area contributed by atoms with Crippen LogP contribution in [0.25, 0.3) is 10.6 Å². The molecule has 2 heteroatoms. The maximum absolute atomic E-state index is 12.9. The number of halogens is 1. The molecule has 0 aromatic heterocycles. The molecule has 3 aromatic rings. The fourth-order valence-corrected chi connectivity index (χ4v) is 2.59. The minimum atomic E-state index is -0.101. The summed E-state index contributed by atoms with van der Waals surface area (Å²) in [5.74, 6) is -0.101. The van der Waals surface area contributed by atoms with E-state index < -0.39 is 0 Å². The van der Waals surface area contributed by atoms with Crippen molar-refractivity contribution in [2.45, 2.75) is 0 Å². The molecule has 0 unspecified atom stereocenters. The lowest BCUT2D eigenvalue weighted by atomic mass is 9.97. The second-order valence-electron chi connectivity index (χ2n) is 5.24. The highest BCUT2D eigenvalue weighted by Crippen LogP contribution is 2.23. The second kappa shape index (κ2) is 7.61. The molecule has 3 aromatic carbocycles. The van der Waals surface area contributed by atoms with Crippen molar-refractivity contribution in [2.24, 2.45) is 0 Å². The van der Waals surface area contributed by atoms with Crippen molar-refractivity contribution < 1.29 is 4.79 Å². The van der Waals surface area contributed by atoms with Crippen LogP contribution in [-0.4, -0.2) is 5.78 Å². The Bertz CT molecular complexity index is 890. The van der Waals surface area contributed by atoms with Crippen LogP contribution < -0.4 is 0 Å². The Balaban J connectivity index is 2.17. The molecular weight excluding hydrogens is 316 g/mol. The van der Waals surface area contributed by atoms with Gasteiger partial charge in [0.1, 0.15) is 0 Å². The highest BCUT2D eigenvalue weighted by Gasteiger charge is 2.14. The van der Waals surface area contributed by atoms with Crippen LogP contribution in [0.4, 0.5) is 0 Å². The molecule has 0 aliphatic carbocycles. The van der Waals surface area contributed by atoms with Crippen molar-refractivity contribution in [3.05, 3.63) is 113 Å². The Morgan fingerprint density at radius 3 is 1.54 bits per heavy atom. The summed E-state index contributed by atoms with van der Waals surface area (Å²) < 4.78 is 0. The normalized spacial score (nSPS) is 9.88. The van der Waals surface area contributed by atoms with Gasteiger partial charge in [0.15, 0.2) is 0 Å². The zero-order valence-electron chi connectivity index (χ0n) is 12.9. The molecule has 1 nitrogen and oxygen atoms in total. The fraction of sp³-hybridized carbons (Fsp3) is 0. The molecule has 0 atom stereocenters. The van der Waals surface area contributed by atoms with Gasteiger partial charge < -0.3 is 0 Å². The number of hydrogen-bond acceptors (Lipinski definition) is 1. The molecule has 0 aliphatic heterocycles. The van der Waals surface area contributed by atoms with E-state index in [0.717, 1.165) is 11.1 Å². The lowest BCUT2D eigenvalue weighted by Crippen LogP contribution is -2.02. The lowest BCUT2D eigenvalue weighted by molar-refractivity contribution is 0.105. The van der Waals surface area contributed by atoms with E-state index in [1.807, 2.05) is 78.9 Å². The first-order chi connectivity index (χ1) is 11.8. The van der Waals surface area contributed by atoms with Crippen molar-refractivity contribution in [2.75, 3.05) is 0 Å². The van der Waals surface area contributed by atoms with Gasteiger partial charge in [0.25, 0.3) is 0 Å². The Morgan fingerprint density at radius 1 is 0.625 bits per heavy atom. The van der Waals surface area contributed by atoms with Crippen LogP contribution in [0, 0.1) is 0 Å². The number of Topliss-reactive ketones (excluding diaryl/α,β-unsaturated/α-hetero) is 1. The summed E-state index contributed by atoms with van der Waals surface area (Å²) in [5, 5.41) is 0.415. The molecule has 0 radical (unpaired) electrons. The molecule has 0 heterocycles. The number of carbonyl (C=O) groups excluding carboxylic acids is 1. The predicted octanol–water partition coefficient (Wildman–Crippen LogP) is 5.83. The average Bonchev–Trinajstić information content (AvgIpc) is 2.67. The van der Waals surface area contributed by atoms with Gasteiger partial charge in [0.05, 0.1) is 10.6 Å². The van der Waals surface area contributed by atoms with Crippen LogP contribution >= 0.6 is 11.6 Å². The van der Waals surface area contributed by atoms with Gasteiger partial charge in [-0.05, 0) is 5.56 Å². The molecular formula is C22H15ClO. The Morgan fingerprint density at radius 2 is 1.04 bits per heavy atom. The highest BCUT2D eigenvalue weighted by atomic mass is 35.5. The zero-order chi connectivity index (χ0) is 16.8. The number of hydrogen-bond donors (Lipinski definition) is 0. The zero-order valence-corrected chi connectivity index (χ0v) is 13.7. The average molecular weight is 331 g/mol. The molecule has 0 aliphatic rings. The molecule has 3 rings (SSSR count). The van der Waals surface area contributed by atoms with E-state index in [1.165, 1.54) is 0 Å². The third-order valence-electron chi connectivity index (χ3n) is 3.59. The van der Waals surface area contributed by atoms with E-state index in [-0.39, 0.29) is 5.78 Å². The summed E-state index contributed by atoms with van der Waals surface area (Å²) in [6.07, 6.45) is 0. The van der Waals surface area contributed by atoms with Crippen molar-refractivity contribution in [1.82, 2.24) is 0 Å². The number of carbonyl (C=O) groups is 1. The second-order valence-corrected chi connectivity index (χ2v) is 5.62. The summed E-state index contributed by atoms with van der Waals surface area (Å²) in [7, 11) is 0. The third-order valence-corrected chi connectivity index (χ3v) is 3.90. The maximum atomic E-state index is 12.9.